The molecule has 182 valence electrons. The molecule has 8 heteroatoms. The second-order valence-electron chi connectivity index (χ2n) is 10.2. The van der Waals surface area contributed by atoms with Gasteiger partial charge in [0.05, 0.1) is 12.6 Å². The molecule has 4 aromatic rings. The Labute approximate surface area is 208 Å². The minimum Gasteiger partial charge on any atom is -0.494 e. The van der Waals surface area contributed by atoms with Crippen LogP contribution in [0.1, 0.15) is 29.7 Å². The second-order valence-corrected chi connectivity index (χ2v) is 10.2. The molecule has 3 aliphatic rings. The Morgan fingerprint density at radius 2 is 2.17 bits per heavy atom. The van der Waals surface area contributed by atoms with E-state index in [-0.39, 0.29) is 11.3 Å². The summed E-state index contributed by atoms with van der Waals surface area (Å²) in [6, 6.07) is 12.5. The molecule has 2 N–H and O–H groups in total. The molecule has 1 amide bonds. The second kappa shape index (κ2) is 7.86. The third kappa shape index (κ3) is 3.10. The summed E-state index contributed by atoms with van der Waals surface area (Å²) in [6.07, 6.45) is 6.22. The van der Waals surface area contributed by atoms with Crippen molar-refractivity contribution in [2.24, 2.45) is 5.92 Å². The average molecular weight is 482 g/mol. The number of nitrogens with zero attached hydrogens (tertiary/aromatic N) is 4. The maximum atomic E-state index is 12.0. The van der Waals surface area contributed by atoms with E-state index in [4.69, 9.17) is 14.7 Å². The van der Waals surface area contributed by atoms with Crippen molar-refractivity contribution < 1.29 is 14.6 Å². The summed E-state index contributed by atoms with van der Waals surface area (Å²) in [4.78, 5) is 23.6. The topological polar surface area (TPSA) is 104 Å². The zero-order valence-electron chi connectivity index (χ0n) is 20.1. The molecule has 1 saturated heterocycles. The first-order chi connectivity index (χ1) is 17.6. The summed E-state index contributed by atoms with van der Waals surface area (Å²) in [5, 5.41) is 16.9. The van der Waals surface area contributed by atoms with E-state index in [0.29, 0.717) is 19.0 Å². The van der Waals surface area contributed by atoms with Crippen molar-refractivity contribution in [3.63, 3.8) is 0 Å². The molecule has 2 fully saturated rings. The van der Waals surface area contributed by atoms with Crippen molar-refractivity contribution in [3.05, 3.63) is 59.4 Å². The number of aromatic amines is 1. The van der Waals surface area contributed by atoms with Crippen LogP contribution in [-0.2, 0) is 23.1 Å². The molecule has 1 aliphatic heterocycles. The van der Waals surface area contributed by atoms with Crippen molar-refractivity contribution in [2.45, 2.75) is 31.1 Å². The van der Waals surface area contributed by atoms with Crippen LogP contribution in [0.15, 0.2) is 42.6 Å². The van der Waals surface area contributed by atoms with E-state index in [1.54, 1.807) is 12.0 Å². The molecule has 4 heterocycles. The molecule has 1 saturated carbocycles. The van der Waals surface area contributed by atoms with E-state index in [1.165, 1.54) is 17.5 Å². The minimum atomic E-state index is -0.438. The number of hydrogen-bond donors (Lipinski definition) is 2. The number of aliphatic hydroxyl groups is 1. The molecule has 2 atom stereocenters. The van der Waals surface area contributed by atoms with Gasteiger partial charge in [0.2, 0.25) is 5.91 Å². The molecule has 0 radical (unpaired) electrons. The zero-order chi connectivity index (χ0) is 24.4. The number of carbonyl (C=O) groups is 1. The van der Waals surface area contributed by atoms with Gasteiger partial charge in [-0.3, -0.25) is 14.9 Å². The van der Waals surface area contributed by atoms with Gasteiger partial charge in [-0.25, -0.2) is 4.98 Å². The maximum Gasteiger partial charge on any atom is 0.248 e. The third-order valence-corrected chi connectivity index (χ3v) is 8.30. The minimum absolute atomic E-state index is 0.0799. The van der Waals surface area contributed by atoms with Crippen molar-refractivity contribution in [1.29, 1.82) is 0 Å². The smallest absolute Gasteiger partial charge is 0.248 e. The number of pyridine rings is 2. The molecular weight excluding hydrogens is 454 g/mol. The first kappa shape index (κ1) is 21.5. The summed E-state index contributed by atoms with van der Waals surface area (Å²) in [5.74, 6) is 0.943. The van der Waals surface area contributed by atoms with Gasteiger partial charge in [-0.2, -0.15) is 5.10 Å². The van der Waals surface area contributed by atoms with E-state index in [2.05, 4.69) is 34.5 Å². The Morgan fingerprint density at radius 3 is 2.97 bits per heavy atom. The number of methoxy groups -OCH3 is 1. The fourth-order valence-corrected chi connectivity index (χ4v) is 6.32. The van der Waals surface area contributed by atoms with Gasteiger partial charge in [-0.1, -0.05) is 18.2 Å². The molecule has 36 heavy (non-hydrogen) atoms. The van der Waals surface area contributed by atoms with Crippen molar-refractivity contribution in [1.82, 2.24) is 25.1 Å². The molecule has 0 spiro atoms. The lowest BCUT2D eigenvalue weighted by Crippen LogP contribution is -2.34. The number of aliphatic hydroxyl groups excluding tert-OH is 1. The van der Waals surface area contributed by atoms with Gasteiger partial charge in [0.25, 0.3) is 0 Å². The highest BCUT2D eigenvalue weighted by atomic mass is 16.5. The van der Waals surface area contributed by atoms with Gasteiger partial charge < -0.3 is 14.7 Å². The fraction of sp³-hybridized carbons (Fsp3) is 0.357. The van der Waals surface area contributed by atoms with Gasteiger partial charge in [0.1, 0.15) is 29.3 Å². The Kier molecular flexibility index (Phi) is 4.70. The Morgan fingerprint density at radius 1 is 1.25 bits per heavy atom. The highest BCUT2D eigenvalue weighted by molar-refractivity contribution is 5.93. The van der Waals surface area contributed by atoms with Crippen LogP contribution in [0.25, 0.3) is 33.5 Å². The number of aryl methyl sites for hydroxylation is 1. The van der Waals surface area contributed by atoms with Gasteiger partial charge >= 0.3 is 0 Å². The molecule has 2 unspecified atom stereocenters. The Balaban J connectivity index is 1.25. The van der Waals surface area contributed by atoms with Crippen LogP contribution in [0, 0.1) is 5.92 Å². The van der Waals surface area contributed by atoms with Crippen LogP contribution in [0.3, 0.4) is 0 Å². The van der Waals surface area contributed by atoms with Crippen LogP contribution in [0.5, 0.6) is 5.75 Å². The number of carbonyl (C=O) groups excluding carboxylic acids is 1. The lowest BCUT2D eigenvalue weighted by Gasteiger charge is -2.20. The summed E-state index contributed by atoms with van der Waals surface area (Å²) in [5.41, 5.74) is 8.91. The van der Waals surface area contributed by atoms with E-state index in [9.17, 15) is 9.90 Å². The number of amides is 1. The Bertz CT molecular complexity index is 1510. The van der Waals surface area contributed by atoms with Gasteiger partial charge in [0, 0.05) is 47.6 Å². The van der Waals surface area contributed by atoms with Crippen LogP contribution in [-0.4, -0.2) is 62.9 Å². The number of likely N-dealkylation sites (tertiary alicyclic amines) is 1. The van der Waals surface area contributed by atoms with Crippen LogP contribution in [0.4, 0.5) is 0 Å². The highest BCUT2D eigenvalue weighted by Gasteiger charge is 2.62. The third-order valence-electron chi connectivity index (χ3n) is 8.30. The maximum absolute atomic E-state index is 12.0. The molecule has 1 aromatic carbocycles. The van der Waals surface area contributed by atoms with Crippen LogP contribution in [0.2, 0.25) is 0 Å². The monoisotopic (exact) mass is 481 g/mol. The Hall–Kier alpha value is -3.78. The summed E-state index contributed by atoms with van der Waals surface area (Å²) >= 11 is 0. The standard InChI is InChI=1S/C28H27N5O3/c1-36-22-10-21-27(30-26(22)20-7-3-5-16-4-2-6-19(16)20)25(32-31-21)17-8-9-23(29-12-17)28-11-18(28)13-33(15-28)24(35)14-34/h3,5,7-10,12,18,34H,2,4,6,11,13-15H2,1H3,(H,31,32). The number of H-pyrrole nitrogens is 1. The lowest BCUT2D eigenvalue weighted by molar-refractivity contribution is -0.133. The molecule has 3 aromatic heterocycles. The average Bonchev–Trinajstić information content (AvgIpc) is 3.31. The van der Waals surface area contributed by atoms with Crippen LogP contribution < -0.4 is 4.74 Å². The molecule has 7 rings (SSSR count). The summed E-state index contributed by atoms with van der Waals surface area (Å²) < 4.78 is 5.74. The van der Waals surface area contributed by atoms with E-state index in [0.717, 1.165) is 64.3 Å². The summed E-state index contributed by atoms with van der Waals surface area (Å²) in [6.45, 7) is 0.887. The number of benzene rings is 1. The number of hydrogen-bond acceptors (Lipinski definition) is 6. The molecular formula is C28H27N5O3. The number of fused-ring (bicyclic) bond motifs is 3. The highest BCUT2D eigenvalue weighted by Crippen LogP contribution is 2.58. The number of nitrogens with one attached hydrogen (secondary N) is 1. The van der Waals surface area contributed by atoms with Crippen molar-refractivity contribution >= 4 is 16.9 Å². The van der Waals surface area contributed by atoms with E-state index >= 15 is 0 Å². The summed E-state index contributed by atoms with van der Waals surface area (Å²) in [7, 11) is 1.68. The SMILES string of the molecule is COc1cc2[nH]nc(-c3ccc(C45CC4CN(C(=O)CO)C5)nc3)c2nc1-c1cccc2c1CCC2. The fourth-order valence-electron chi connectivity index (χ4n) is 6.32. The van der Waals surface area contributed by atoms with Gasteiger partial charge in [0.15, 0.2) is 0 Å². The molecule has 2 aliphatic carbocycles. The van der Waals surface area contributed by atoms with E-state index < -0.39 is 6.61 Å². The normalized spacial score (nSPS) is 22.1. The predicted octanol–water partition coefficient (Wildman–Crippen LogP) is 3.28. The number of aromatic nitrogens is 4. The number of ether oxygens (including phenoxy) is 1. The van der Waals surface area contributed by atoms with Crippen molar-refractivity contribution in [2.75, 3.05) is 26.8 Å². The first-order valence-corrected chi connectivity index (χ1v) is 12.5. The number of piperidine rings is 1. The predicted molar refractivity (Wildman–Crippen MR) is 135 cm³/mol. The molecule has 8 nitrogen and oxygen atoms in total. The first-order valence-electron chi connectivity index (χ1n) is 12.5. The number of rotatable bonds is 5. The van der Waals surface area contributed by atoms with Gasteiger partial charge in [-0.05, 0) is 54.9 Å². The van der Waals surface area contributed by atoms with E-state index in [1.807, 2.05) is 18.3 Å². The molecule has 0 bridgehead atoms. The van der Waals surface area contributed by atoms with Crippen LogP contribution >= 0.6 is 0 Å². The lowest BCUT2D eigenvalue weighted by atomic mass is 9.99. The quantitative estimate of drug-likeness (QED) is 0.453. The van der Waals surface area contributed by atoms with Crippen molar-refractivity contribution in [3.8, 4) is 28.3 Å². The zero-order valence-corrected chi connectivity index (χ0v) is 20.1. The van der Waals surface area contributed by atoms with Gasteiger partial charge in [-0.15, -0.1) is 0 Å². The largest absolute Gasteiger partial charge is 0.494 e.